The first-order valence-corrected chi connectivity index (χ1v) is 13.5. The molecule has 0 saturated carbocycles. The van der Waals surface area contributed by atoms with Gasteiger partial charge < -0.3 is 19.8 Å². The van der Waals surface area contributed by atoms with Crippen LogP contribution in [0.5, 0.6) is 0 Å². The molecule has 1 amide bonds. The van der Waals surface area contributed by atoms with E-state index in [9.17, 15) is 9.18 Å². The van der Waals surface area contributed by atoms with Crippen LogP contribution in [0.25, 0.3) is 11.3 Å². The van der Waals surface area contributed by atoms with Crippen LogP contribution in [-0.4, -0.2) is 73.2 Å². The molecule has 0 aliphatic carbocycles. The van der Waals surface area contributed by atoms with Gasteiger partial charge >= 0.3 is 11.8 Å². The summed E-state index contributed by atoms with van der Waals surface area (Å²) in [6.07, 6.45) is 5.97. The maximum absolute atomic E-state index is 13.4. The topological polar surface area (TPSA) is 136 Å². The van der Waals surface area contributed by atoms with Crippen LogP contribution in [0.2, 0.25) is 0 Å². The Morgan fingerprint density at radius 1 is 1.22 bits per heavy atom. The van der Waals surface area contributed by atoms with Gasteiger partial charge in [0, 0.05) is 38.1 Å². The van der Waals surface area contributed by atoms with Crippen LogP contribution in [0.3, 0.4) is 0 Å². The number of alkyl halides is 1. The SMILES string of the molecule is Cn1cc(Nc2nccc(-c3ccc4c(c3)CN(C3COC3)CC[C@H]4NC(=O)c3nnc(C(C)(C)CF)o3)n2)cn1. The van der Waals surface area contributed by atoms with Crippen molar-refractivity contribution >= 4 is 17.5 Å². The van der Waals surface area contributed by atoms with E-state index in [0.29, 0.717) is 38.2 Å². The van der Waals surface area contributed by atoms with E-state index in [-0.39, 0.29) is 17.8 Å². The summed E-state index contributed by atoms with van der Waals surface area (Å²) in [5.41, 5.74) is 3.64. The van der Waals surface area contributed by atoms with Crippen LogP contribution < -0.4 is 10.6 Å². The van der Waals surface area contributed by atoms with E-state index in [1.807, 2.05) is 31.4 Å². The van der Waals surface area contributed by atoms with Gasteiger partial charge in [0.1, 0.15) is 6.67 Å². The van der Waals surface area contributed by atoms with E-state index in [2.05, 4.69) is 41.9 Å². The lowest BCUT2D eigenvalue weighted by Crippen LogP contribution is -2.48. The normalized spacial score (nSPS) is 17.9. The summed E-state index contributed by atoms with van der Waals surface area (Å²) in [5, 5.41) is 18.2. The van der Waals surface area contributed by atoms with Gasteiger partial charge in [-0.15, -0.1) is 10.2 Å². The minimum absolute atomic E-state index is 0.0921. The molecule has 0 spiro atoms. The number of halogens is 1. The molecule has 5 heterocycles. The molecule has 41 heavy (non-hydrogen) atoms. The average Bonchev–Trinajstić information content (AvgIpc) is 3.56. The van der Waals surface area contributed by atoms with Crippen molar-refractivity contribution in [3.05, 3.63) is 65.8 Å². The Labute approximate surface area is 236 Å². The monoisotopic (exact) mass is 561 g/mol. The molecule has 13 heteroatoms. The fourth-order valence-corrected chi connectivity index (χ4v) is 4.95. The summed E-state index contributed by atoms with van der Waals surface area (Å²) in [5.74, 6) is -0.100. The van der Waals surface area contributed by atoms with E-state index in [1.165, 1.54) is 0 Å². The fraction of sp³-hybridized carbons (Fsp3) is 0.429. The Hall–Kier alpha value is -4.23. The maximum Gasteiger partial charge on any atom is 0.309 e. The second-order valence-electron chi connectivity index (χ2n) is 11.1. The number of aryl methyl sites for hydroxylation is 1. The summed E-state index contributed by atoms with van der Waals surface area (Å²) in [4.78, 5) is 24.6. The first-order valence-electron chi connectivity index (χ1n) is 13.5. The molecule has 3 aromatic heterocycles. The van der Waals surface area contributed by atoms with Gasteiger partial charge in [0.15, 0.2) is 0 Å². The summed E-state index contributed by atoms with van der Waals surface area (Å²) < 4.78 is 26.1. The Kier molecular flexibility index (Phi) is 7.22. The highest BCUT2D eigenvalue weighted by molar-refractivity contribution is 5.89. The van der Waals surface area contributed by atoms with Crippen LogP contribution >= 0.6 is 0 Å². The lowest BCUT2D eigenvalue weighted by Gasteiger charge is -2.36. The number of hydrogen-bond donors (Lipinski definition) is 2. The second kappa shape index (κ2) is 11.0. The van der Waals surface area contributed by atoms with Crippen molar-refractivity contribution in [2.45, 2.75) is 44.3 Å². The highest BCUT2D eigenvalue weighted by Crippen LogP contribution is 2.33. The summed E-state index contributed by atoms with van der Waals surface area (Å²) in [6.45, 7) is 5.49. The van der Waals surface area contributed by atoms with Gasteiger partial charge in [-0.05, 0) is 43.5 Å². The van der Waals surface area contributed by atoms with Crippen LogP contribution in [0.4, 0.5) is 16.0 Å². The van der Waals surface area contributed by atoms with Crippen molar-refractivity contribution in [3.63, 3.8) is 0 Å². The zero-order valence-electron chi connectivity index (χ0n) is 23.2. The van der Waals surface area contributed by atoms with Crippen molar-refractivity contribution in [1.29, 1.82) is 0 Å². The Balaban J connectivity index is 1.27. The van der Waals surface area contributed by atoms with E-state index in [1.54, 1.807) is 30.9 Å². The van der Waals surface area contributed by atoms with Gasteiger partial charge in [-0.1, -0.05) is 12.1 Å². The van der Waals surface area contributed by atoms with Gasteiger partial charge in [-0.3, -0.25) is 14.4 Å². The first kappa shape index (κ1) is 27.0. The number of benzene rings is 1. The van der Waals surface area contributed by atoms with E-state index in [0.717, 1.165) is 34.6 Å². The number of fused-ring (bicyclic) bond motifs is 1. The van der Waals surface area contributed by atoms with Crippen LogP contribution in [0.15, 0.2) is 47.3 Å². The molecule has 1 saturated heterocycles. The smallest absolute Gasteiger partial charge is 0.309 e. The largest absolute Gasteiger partial charge is 0.416 e. The maximum atomic E-state index is 13.4. The van der Waals surface area contributed by atoms with E-state index in [4.69, 9.17) is 14.1 Å². The van der Waals surface area contributed by atoms with Crippen molar-refractivity contribution in [2.75, 3.05) is 31.7 Å². The summed E-state index contributed by atoms with van der Waals surface area (Å²) >= 11 is 0. The second-order valence-corrected chi connectivity index (χ2v) is 11.1. The Bertz CT molecular complexity index is 1550. The lowest BCUT2D eigenvalue weighted by molar-refractivity contribution is -0.0678. The molecule has 2 aliphatic rings. The minimum Gasteiger partial charge on any atom is -0.416 e. The number of ether oxygens (including phenoxy) is 1. The Morgan fingerprint density at radius 2 is 2.07 bits per heavy atom. The summed E-state index contributed by atoms with van der Waals surface area (Å²) in [6, 6.07) is 8.09. The molecule has 214 valence electrons. The molecular formula is C28H32FN9O3. The predicted molar refractivity (Wildman–Crippen MR) is 147 cm³/mol. The van der Waals surface area contributed by atoms with Gasteiger partial charge in [0.2, 0.25) is 11.8 Å². The number of carbonyl (C=O) groups is 1. The third-order valence-corrected chi connectivity index (χ3v) is 7.48. The molecule has 6 rings (SSSR count). The molecule has 0 unspecified atom stereocenters. The van der Waals surface area contributed by atoms with Crippen LogP contribution in [0, 0.1) is 0 Å². The fourth-order valence-electron chi connectivity index (χ4n) is 4.95. The molecule has 0 bridgehead atoms. The number of nitrogens with zero attached hydrogens (tertiary/aromatic N) is 7. The molecule has 12 nitrogen and oxygen atoms in total. The average molecular weight is 562 g/mol. The molecule has 2 aliphatic heterocycles. The van der Waals surface area contributed by atoms with Crippen molar-refractivity contribution < 1.29 is 18.3 Å². The Morgan fingerprint density at radius 3 is 2.80 bits per heavy atom. The number of anilines is 2. The predicted octanol–water partition coefficient (Wildman–Crippen LogP) is 3.33. The van der Waals surface area contributed by atoms with E-state index >= 15 is 0 Å². The molecule has 1 fully saturated rings. The number of hydrogen-bond acceptors (Lipinski definition) is 10. The highest BCUT2D eigenvalue weighted by Gasteiger charge is 2.33. The first-order chi connectivity index (χ1) is 19.8. The van der Waals surface area contributed by atoms with Crippen molar-refractivity contribution in [1.82, 2.24) is 40.2 Å². The molecule has 2 N–H and O–H groups in total. The van der Waals surface area contributed by atoms with Crippen LogP contribution in [0.1, 0.15) is 54.0 Å². The number of rotatable bonds is 8. The molecule has 0 radical (unpaired) electrons. The number of aromatic nitrogens is 6. The molecule has 1 aromatic carbocycles. The van der Waals surface area contributed by atoms with Crippen molar-refractivity contribution in [3.8, 4) is 11.3 Å². The van der Waals surface area contributed by atoms with Gasteiger partial charge in [0.05, 0.1) is 48.3 Å². The standard InChI is InChI=1S/C28H32FN9O3/c1-28(2,16-29)26-36-35-25(41-26)24(39)33-23-7-9-38(20-14-40-15-20)12-18-10-17(4-5-21(18)23)22-6-8-30-27(34-22)32-19-11-31-37(3)13-19/h4-6,8,10-11,13,20,23H,7,9,12,14-16H2,1-3H3,(H,33,39)(H,30,32,34)/t23-/m1/s1. The number of carbonyl (C=O) groups excluding carboxylic acids is 1. The number of amides is 1. The lowest BCUT2D eigenvalue weighted by atomic mass is 9.96. The zero-order valence-corrected chi connectivity index (χ0v) is 23.2. The quantitative estimate of drug-likeness (QED) is 0.330. The summed E-state index contributed by atoms with van der Waals surface area (Å²) in [7, 11) is 1.85. The molecular weight excluding hydrogens is 529 g/mol. The van der Waals surface area contributed by atoms with E-state index < -0.39 is 18.0 Å². The van der Waals surface area contributed by atoms with Gasteiger partial charge in [-0.2, -0.15) is 5.10 Å². The minimum atomic E-state index is -0.962. The number of nitrogens with one attached hydrogen (secondary N) is 2. The molecule has 1 atom stereocenters. The van der Waals surface area contributed by atoms with Gasteiger partial charge in [-0.25, -0.2) is 14.4 Å². The highest BCUT2D eigenvalue weighted by atomic mass is 19.1. The van der Waals surface area contributed by atoms with Crippen LogP contribution in [-0.2, 0) is 23.7 Å². The molecule has 4 aromatic rings. The van der Waals surface area contributed by atoms with Gasteiger partial charge in [0.25, 0.3) is 0 Å². The third-order valence-electron chi connectivity index (χ3n) is 7.48. The van der Waals surface area contributed by atoms with Crippen molar-refractivity contribution in [2.24, 2.45) is 7.05 Å². The third kappa shape index (κ3) is 5.68. The zero-order chi connectivity index (χ0) is 28.6.